The van der Waals surface area contributed by atoms with Gasteiger partial charge in [-0.3, -0.25) is 32.5 Å². The Morgan fingerprint density at radius 3 is 2.42 bits per heavy atom. The summed E-state index contributed by atoms with van der Waals surface area (Å²) in [4.78, 5) is 88.5. The summed E-state index contributed by atoms with van der Waals surface area (Å²) in [7, 11) is -17.4. The zero-order chi connectivity index (χ0) is 44.2. The molecule has 59 heavy (non-hydrogen) atoms. The Kier molecular flexibility index (Phi) is 19.0. The van der Waals surface area contributed by atoms with Crippen LogP contribution in [0.5, 0.6) is 0 Å². The number of hydrogen-bond donors (Lipinski definition) is 10. The number of nitrogens with zero attached hydrogens (tertiary/aromatic N) is 4. The number of phosphoric ester groups is 3. The molecule has 28 heteroatoms. The van der Waals surface area contributed by atoms with Gasteiger partial charge in [-0.1, -0.05) is 46.6 Å². The third-order valence-electron chi connectivity index (χ3n) is 8.60. The molecule has 2 aromatic heterocycles. The summed E-state index contributed by atoms with van der Waals surface area (Å²) in [5.74, 6) is -0.247. The van der Waals surface area contributed by atoms with Gasteiger partial charge in [-0.15, -0.1) is 5.73 Å². The van der Waals surface area contributed by atoms with Crippen molar-refractivity contribution >= 4 is 68.3 Å². The number of aliphatic hydroxyl groups excluding tert-OH is 2. The molecule has 4 unspecified atom stereocenters. The molecule has 24 nitrogen and oxygen atoms in total. The minimum absolute atomic E-state index is 0.0302. The van der Waals surface area contributed by atoms with Gasteiger partial charge in [0.2, 0.25) is 11.8 Å². The van der Waals surface area contributed by atoms with Gasteiger partial charge in [0.15, 0.2) is 22.8 Å². The molecule has 8 atom stereocenters. The quantitative estimate of drug-likeness (QED) is 0.0217. The third-order valence-corrected chi connectivity index (χ3v) is 14.1. The molecule has 0 saturated carbocycles. The Labute approximate surface area is 341 Å². The highest BCUT2D eigenvalue weighted by Crippen LogP contribution is 2.61. The monoisotopic (exact) mass is 919 g/mol. The van der Waals surface area contributed by atoms with Gasteiger partial charge in [0.1, 0.15) is 36.3 Å². The molecule has 10 N–H and O–H groups in total. The van der Waals surface area contributed by atoms with Gasteiger partial charge < -0.3 is 50.9 Å². The highest BCUT2D eigenvalue weighted by atomic mass is 32.2. The molecule has 1 saturated heterocycles. The smallest absolute Gasteiger partial charge is 0.386 e. The Morgan fingerprint density at radius 1 is 1.07 bits per heavy atom. The second kappa shape index (κ2) is 22.3. The molecule has 0 spiro atoms. The molecular weight excluding hydrogens is 867 g/mol. The maximum absolute atomic E-state index is 12.7. The van der Waals surface area contributed by atoms with E-state index in [0.717, 1.165) is 48.7 Å². The standard InChI is InChI=1S/C31H52N7O17P3S/c1-5-7-8-9-14-59(22(40)10-6-2)15-13-33-21(39)11-12-34-29(43)26(42)31(3,4)17-52-58(49,50)55-57(47,48)51-16-20-25(54-56(44,45)46)24(41)30(53-20)38-19-37-23-27(32)35-18-36-28(23)38/h10,18-20,24-26,30,41-42,59H,2,5,7-9,11-17H2,1,3-4H3,(H,33,39)(H,34,43)(H,47,48)(H,49,50)(H2,32,35,36)(H2,44,45,46)/t20-,24-,25-,26?,30-/m1/s1. The van der Waals surface area contributed by atoms with E-state index in [1.165, 1.54) is 19.9 Å². The van der Waals surface area contributed by atoms with E-state index < -0.39 is 95.4 Å². The summed E-state index contributed by atoms with van der Waals surface area (Å²) in [5, 5.41) is 26.5. The Bertz CT molecular complexity index is 1960. The Morgan fingerprint density at radius 2 is 1.76 bits per heavy atom. The first kappa shape index (κ1) is 50.4. The first-order valence-electron chi connectivity index (χ1n) is 18.0. The third kappa shape index (κ3) is 15.8. The summed E-state index contributed by atoms with van der Waals surface area (Å²) >= 11 is 0. The molecule has 0 radical (unpaired) electrons. The Balaban J connectivity index is 1.49. The van der Waals surface area contributed by atoms with Crippen LogP contribution in [0.2, 0.25) is 0 Å². The van der Waals surface area contributed by atoms with E-state index in [-0.39, 0.29) is 41.6 Å². The van der Waals surface area contributed by atoms with Gasteiger partial charge >= 0.3 is 23.5 Å². The van der Waals surface area contributed by atoms with Crippen LogP contribution < -0.4 is 16.4 Å². The number of nitrogen functional groups attached to an aromatic ring is 1. The second-order valence-electron chi connectivity index (χ2n) is 13.8. The molecule has 3 rings (SSSR count). The lowest BCUT2D eigenvalue weighted by atomic mass is 9.87. The maximum atomic E-state index is 12.7. The molecule has 0 aromatic carbocycles. The van der Waals surface area contributed by atoms with Crippen molar-refractivity contribution in [2.45, 2.75) is 83.5 Å². The predicted molar refractivity (Wildman–Crippen MR) is 211 cm³/mol. The molecule has 3 heterocycles. The number of rotatable bonds is 25. The van der Waals surface area contributed by atoms with Crippen LogP contribution in [0.25, 0.3) is 11.2 Å². The fourth-order valence-electron chi connectivity index (χ4n) is 5.51. The van der Waals surface area contributed by atoms with Crippen molar-refractivity contribution in [1.82, 2.24) is 30.2 Å². The number of anilines is 1. The fraction of sp³-hybridized carbons (Fsp3) is 0.645. The number of fused-ring (bicyclic) bond motifs is 1. The van der Waals surface area contributed by atoms with Gasteiger partial charge in [-0.05, 0) is 17.9 Å². The lowest BCUT2D eigenvalue weighted by Gasteiger charge is -2.30. The summed E-state index contributed by atoms with van der Waals surface area (Å²) in [6.07, 6.45) is -1.59. The number of nitrogens with two attached hydrogens (primary N) is 1. The normalized spacial score (nSPS) is 21.8. The number of hydrogen-bond acceptors (Lipinski definition) is 17. The van der Waals surface area contributed by atoms with Gasteiger partial charge in [0.25, 0.3) is 0 Å². The van der Waals surface area contributed by atoms with Crippen LogP contribution in [0.4, 0.5) is 5.82 Å². The van der Waals surface area contributed by atoms with Crippen LogP contribution in [0.3, 0.4) is 0 Å². The number of carbonyl (C=O) groups excluding carboxylic acids is 3. The second-order valence-corrected chi connectivity index (χ2v) is 20.5. The Hall–Kier alpha value is -2.92. The van der Waals surface area contributed by atoms with Gasteiger partial charge in [-0.25, -0.2) is 28.6 Å². The molecule has 334 valence electrons. The molecule has 0 bridgehead atoms. The summed E-state index contributed by atoms with van der Waals surface area (Å²) in [6, 6.07) is 0. The van der Waals surface area contributed by atoms with Crippen molar-refractivity contribution in [2.24, 2.45) is 5.41 Å². The molecule has 2 amide bonds. The number of thiol groups is 1. The predicted octanol–water partition coefficient (Wildman–Crippen LogP) is 0.854. The molecular formula is C31H52N7O17P3S. The summed E-state index contributed by atoms with van der Waals surface area (Å²) in [5.41, 5.74) is 6.76. The van der Waals surface area contributed by atoms with Crippen molar-refractivity contribution in [3.05, 3.63) is 31.0 Å². The van der Waals surface area contributed by atoms with Crippen LogP contribution in [-0.2, 0) is 50.7 Å². The molecule has 2 aromatic rings. The lowest BCUT2D eigenvalue weighted by molar-refractivity contribution is -0.137. The summed E-state index contributed by atoms with van der Waals surface area (Å²) < 4.78 is 62.3. The number of carbonyl (C=O) groups is 3. The van der Waals surface area contributed by atoms with Crippen molar-refractivity contribution < 1.29 is 80.5 Å². The number of aliphatic hydroxyl groups is 2. The van der Waals surface area contributed by atoms with Crippen LogP contribution in [0.15, 0.2) is 31.0 Å². The maximum Gasteiger partial charge on any atom is 0.481 e. The van der Waals surface area contributed by atoms with E-state index in [1.54, 1.807) is 0 Å². The van der Waals surface area contributed by atoms with Crippen LogP contribution >= 0.6 is 34.4 Å². The van der Waals surface area contributed by atoms with Gasteiger partial charge in [0, 0.05) is 31.0 Å². The van der Waals surface area contributed by atoms with Crippen LogP contribution in [0.1, 0.15) is 59.1 Å². The number of aromatic nitrogens is 4. The first-order chi connectivity index (χ1) is 27.5. The van der Waals surface area contributed by atoms with E-state index in [4.69, 9.17) is 19.5 Å². The number of unbranched alkanes of at least 4 members (excludes halogenated alkanes) is 3. The van der Waals surface area contributed by atoms with Gasteiger partial charge in [-0.2, -0.15) is 15.2 Å². The van der Waals surface area contributed by atoms with E-state index in [0.29, 0.717) is 5.75 Å². The minimum atomic E-state index is -5.58. The average Bonchev–Trinajstić information content (AvgIpc) is 3.70. The molecule has 1 aliphatic heterocycles. The molecule has 1 fully saturated rings. The van der Waals surface area contributed by atoms with E-state index >= 15 is 0 Å². The molecule has 0 aliphatic carbocycles. The number of amides is 2. The first-order valence-corrected chi connectivity index (χ1v) is 24.3. The van der Waals surface area contributed by atoms with Crippen molar-refractivity contribution in [2.75, 3.05) is 43.5 Å². The van der Waals surface area contributed by atoms with Crippen LogP contribution in [-0.4, -0.2) is 128 Å². The zero-order valence-electron chi connectivity index (χ0n) is 32.4. The van der Waals surface area contributed by atoms with Crippen LogP contribution in [0, 0.1) is 5.41 Å². The van der Waals surface area contributed by atoms with Crippen molar-refractivity contribution in [1.29, 1.82) is 0 Å². The molecule has 1 aliphatic rings. The van der Waals surface area contributed by atoms with Crippen molar-refractivity contribution in [3.63, 3.8) is 0 Å². The number of ether oxygens (including phenoxy) is 1. The number of phosphoric acid groups is 3. The van der Waals surface area contributed by atoms with E-state index in [2.05, 4.69) is 53.7 Å². The lowest BCUT2D eigenvalue weighted by Crippen LogP contribution is -2.46. The van der Waals surface area contributed by atoms with E-state index in [9.17, 15) is 57.9 Å². The number of nitrogens with one attached hydrogen (secondary N) is 2. The minimum Gasteiger partial charge on any atom is -0.386 e. The fourth-order valence-corrected chi connectivity index (χ4v) is 10.3. The summed E-state index contributed by atoms with van der Waals surface area (Å²) in [6.45, 7) is 6.07. The number of imidazole rings is 1. The highest BCUT2D eigenvalue weighted by Gasteiger charge is 2.50. The van der Waals surface area contributed by atoms with Gasteiger partial charge in [0.05, 0.1) is 19.5 Å². The van der Waals surface area contributed by atoms with Crippen molar-refractivity contribution in [3.8, 4) is 0 Å². The average molecular weight is 920 g/mol. The topological polar surface area (TPSA) is 364 Å². The highest BCUT2D eigenvalue weighted by molar-refractivity contribution is 8.30. The van der Waals surface area contributed by atoms with E-state index in [1.807, 2.05) is 0 Å². The zero-order valence-corrected chi connectivity index (χ0v) is 36.0. The largest absolute Gasteiger partial charge is 0.481 e. The SMILES string of the molecule is C=C=CC(=O)[SH](CCCCCC)CCNC(=O)CCNC(=O)C(O)C(C)(C)COP(=O)(O)OP(=O)(O)OC[C@H]1O[C@@H](n2cnc3c(N)ncnc32)[C@H](O)[C@@H]1OP(=O)(O)O.